The molecule has 1 aliphatic rings. The van der Waals surface area contributed by atoms with Crippen LogP contribution in [0.25, 0.3) is 10.9 Å². The maximum Gasteiger partial charge on any atom is 0.339 e. The quantitative estimate of drug-likeness (QED) is 0.309. The third-order valence-corrected chi connectivity index (χ3v) is 7.18. The second-order valence-corrected chi connectivity index (χ2v) is 9.66. The van der Waals surface area contributed by atoms with Crippen molar-refractivity contribution in [2.75, 3.05) is 18.5 Å². The Balaban J connectivity index is 1.38. The lowest BCUT2D eigenvalue weighted by molar-refractivity contribution is -0.119. The minimum absolute atomic E-state index is 0.341. The molecule has 5 rings (SSSR count). The smallest absolute Gasteiger partial charge is 0.339 e. The third-order valence-electron chi connectivity index (χ3n) is 7.18. The average Bonchev–Trinajstić information content (AvgIpc) is 2.95. The minimum atomic E-state index is -0.490. The Morgan fingerprint density at radius 3 is 2.37 bits per heavy atom. The lowest BCUT2D eigenvalue weighted by Crippen LogP contribution is -2.32. The first-order chi connectivity index (χ1) is 18.6. The zero-order valence-corrected chi connectivity index (χ0v) is 22.0. The zero-order chi connectivity index (χ0) is 26.5. The second-order valence-electron chi connectivity index (χ2n) is 9.66. The van der Waals surface area contributed by atoms with E-state index >= 15 is 0 Å². The molecular formula is C32H33N3O3. The number of pyridine rings is 1. The monoisotopic (exact) mass is 507 g/mol. The fraction of sp³-hybridized carbons (Fsp3) is 0.281. The van der Waals surface area contributed by atoms with Crippen LogP contribution < -0.4 is 5.32 Å². The Morgan fingerprint density at radius 2 is 1.63 bits per heavy atom. The number of amides is 1. The van der Waals surface area contributed by atoms with Crippen LogP contribution in [0.1, 0.15) is 52.2 Å². The fourth-order valence-electron chi connectivity index (χ4n) is 5.24. The first kappa shape index (κ1) is 25.6. The number of carbonyl (C=O) groups excluding carboxylic acids is 2. The number of aryl methyl sites for hydroxylation is 2. The van der Waals surface area contributed by atoms with Gasteiger partial charge in [-0.15, -0.1) is 0 Å². The van der Waals surface area contributed by atoms with Gasteiger partial charge in [-0.25, -0.2) is 4.79 Å². The van der Waals surface area contributed by atoms with Crippen LogP contribution in [0.3, 0.4) is 0 Å². The van der Waals surface area contributed by atoms with E-state index in [0.29, 0.717) is 12.1 Å². The van der Waals surface area contributed by atoms with E-state index in [-0.39, 0.29) is 12.5 Å². The summed E-state index contributed by atoms with van der Waals surface area (Å²) in [5.74, 6) is -0.831. The van der Waals surface area contributed by atoms with Crippen molar-refractivity contribution < 1.29 is 14.3 Å². The van der Waals surface area contributed by atoms with Gasteiger partial charge in [0.1, 0.15) is 0 Å². The number of nitrogens with one attached hydrogen (secondary N) is 1. The summed E-state index contributed by atoms with van der Waals surface area (Å²) in [6.07, 6.45) is 2.36. The molecule has 0 radical (unpaired) electrons. The molecule has 6 nitrogen and oxygen atoms in total. The van der Waals surface area contributed by atoms with Gasteiger partial charge in [0, 0.05) is 48.4 Å². The number of esters is 1. The number of rotatable bonds is 8. The van der Waals surface area contributed by atoms with Crippen LogP contribution in [-0.2, 0) is 41.9 Å². The van der Waals surface area contributed by atoms with Crippen LogP contribution in [0.15, 0.2) is 72.8 Å². The number of anilines is 1. The van der Waals surface area contributed by atoms with Gasteiger partial charge in [-0.1, -0.05) is 80.6 Å². The number of fused-ring (bicyclic) bond motifs is 2. The Hall–Kier alpha value is -4.03. The molecule has 0 atom stereocenters. The topological polar surface area (TPSA) is 71.5 Å². The van der Waals surface area contributed by atoms with E-state index in [4.69, 9.17) is 9.72 Å². The molecule has 194 valence electrons. The van der Waals surface area contributed by atoms with E-state index in [0.717, 1.165) is 71.3 Å². The molecule has 1 amide bonds. The molecule has 38 heavy (non-hydrogen) atoms. The van der Waals surface area contributed by atoms with Crippen molar-refractivity contribution in [1.29, 1.82) is 0 Å². The largest absolute Gasteiger partial charge is 0.452 e. The molecule has 3 aromatic carbocycles. The van der Waals surface area contributed by atoms with Gasteiger partial charge in [-0.05, 0) is 35.6 Å². The number of ether oxygens (including phenoxy) is 1. The average molecular weight is 508 g/mol. The summed E-state index contributed by atoms with van der Waals surface area (Å²) < 4.78 is 5.64. The number of carbonyl (C=O) groups is 2. The molecule has 0 bridgehead atoms. The van der Waals surface area contributed by atoms with Gasteiger partial charge in [0.05, 0.1) is 11.1 Å². The highest BCUT2D eigenvalue weighted by Gasteiger charge is 2.27. The molecule has 1 N–H and O–H groups in total. The lowest BCUT2D eigenvalue weighted by atomic mass is 9.95. The van der Waals surface area contributed by atoms with Gasteiger partial charge in [0.15, 0.2) is 6.61 Å². The summed E-state index contributed by atoms with van der Waals surface area (Å²) in [6, 6.07) is 24.0. The number of aromatic nitrogens is 1. The molecule has 1 aromatic heterocycles. The van der Waals surface area contributed by atoms with Crippen molar-refractivity contribution in [3.8, 4) is 0 Å². The van der Waals surface area contributed by atoms with Crippen LogP contribution >= 0.6 is 0 Å². The summed E-state index contributed by atoms with van der Waals surface area (Å²) in [7, 11) is 0. The second kappa shape index (κ2) is 11.6. The number of hydrogen-bond acceptors (Lipinski definition) is 5. The molecule has 4 aromatic rings. The highest BCUT2D eigenvalue weighted by atomic mass is 16.5. The summed E-state index contributed by atoms with van der Waals surface area (Å²) >= 11 is 0. The van der Waals surface area contributed by atoms with E-state index in [9.17, 15) is 9.59 Å². The van der Waals surface area contributed by atoms with Gasteiger partial charge in [0.25, 0.3) is 5.91 Å². The van der Waals surface area contributed by atoms with Crippen molar-refractivity contribution in [2.24, 2.45) is 0 Å². The van der Waals surface area contributed by atoms with Crippen molar-refractivity contribution in [3.63, 3.8) is 0 Å². The molecule has 1 aliphatic heterocycles. The van der Waals surface area contributed by atoms with Gasteiger partial charge in [-0.3, -0.25) is 14.7 Å². The SMILES string of the molecule is CCc1cccc(CC)c1NC(=O)COC(=O)c1c2c(nc3ccccc13)CCN(Cc1ccccc1)C2. The van der Waals surface area contributed by atoms with Gasteiger partial charge < -0.3 is 10.1 Å². The third kappa shape index (κ3) is 5.46. The normalized spacial score (nSPS) is 13.2. The first-order valence-electron chi connectivity index (χ1n) is 13.3. The summed E-state index contributed by atoms with van der Waals surface area (Å²) in [6.45, 7) is 6.02. The van der Waals surface area contributed by atoms with Gasteiger partial charge in [0.2, 0.25) is 0 Å². The van der Waals surface area contributed by atoms with Crippen LogP contribution in [0.2, 0.25) is 0 Å². The molecule has 2 heterocycles. The lowest BCUT2D eigenvalue weighted by Gasteiger charge is -2.30. The number of benzene rings is 3. The van der Waals surface area contributed by atoms with Gasteiger partial charge >= 0.3 is 5.97 Å². The highest BCUT2D eigenvalue weighted by molar-refractivity contribution is 6.06. The Morgan fingerprint density at radius 1 is 0.921 bits per heavy atom. The fourth-order valence-corrected chi connectivity index (χ4v) is 5.24. The highest BCUT2D eigenvalue weighted by Crippen LogP contribution is 2.29. The predicted octanol–water partition coefficient (Wildman–Crippen LogP) is 5.71. The minimum Gasteiger partial charge on any atom is -0.452 e. The summed E-state index contributed by atoms with van der Waals surface area (Å²) in [5, 5.41) is 3.74. The van der Waals surface area contributed by atoms with Crippen LogP contribution in [0, 0.1) is 0 Å². The van der Waals surface area contributed by atoms with E-state index in [1.54, 1.807) is 0 Å². The van der Waals surface area contributed by atoms with E-state index in [1.807, 2.05) is 60.7 Å². The maximum absolute atomic E-state index is 13.6. The zero-order valence-electron chi connectivity index (χ0n) is 22.0. The molecule has 0 unspecified atom stereocenters. The molecular weight excluding hydrogens is 474 g/mol. The summed E-state index contributed by atoms with van der Waals surface area (Å²) in [5.41, 5.74) is 7.28. The molecule has 6 heteroatoms. The van der Waals surface area contributed by atoms with Crippen molar-refractivity contribution in [3.05, 3.63) is 106 Å². The van der Waals surface area contributed by atoms with Crippen LogP contribution in [0.4, 0.5) is 5.69 Å². The van der Waals surface area contributed by atoms with Crippen molar-refractivity contribution >= 4 is 28.5 Å². The van der Waals surface area contributed by atoms with E-state index in [1.165, 1.54) is 5.56 Å². The van der Waals surface area contributed by atoms with E-state index in [2.05, 4.69) is 36.2 Å². The van der Waals surface area contributed by atoms with Crippen molar-refractivity contribution in [2.45, 2.75) is 46.2 Å². The van der Waals surface area contributed by atoms with Crippen LogP contribution in [-0.4, -0.2) is 34.9 Å². The van der Waals surface area contributed by atoms with Crippen molar-refractivity contribution in [1.82, 2.24) is 9.88 Å². The first-order valence-corrected chi connectivity index (χ1v) is 13.3. The Kier molecular flexibility index (Phi) is 7.80. The Bertz CT molecular complexity index is 1440. The molecule has 0 spiro atoms. The number of hydrogen-bond donors (Lipinski definition) is 1. The standard InChI is InChI=1S/C32H33N3O3/c1-3-23-13-10-14-24(4-2)31(23)34-29(36)21-38-32(37)30-25-15-8-9-16-27(25)33-28-17-18-35(20-26(28)30)19-22-11-6-5-7-12-22/h5-16H,3-4,17-21H2,1-2H3,(H,34,36). The Labute approximate surface area is 223 Å². The number of para-hydroxylation sites is 2. The summed E-state index contributed by atoms with van der Waals surface area (Å²) in [4.78, 5) is 33.6. The predicted molar refractivity (Wildman–Crippen MR) is 150 cm³/mol. The molecule has 0 fully saturated rings. The number of nitrogens with zero attached hydrogens (tertiary/aromatic N) is 2. The molecule has 0 saturated heterocycles. The maximum atomic E-state index is 13.6. The van der Waals surface area contributed by atoms with Crippen LogP contribution in [0.5, 0.6) is 0 Å². The van der Waals surface area contributed by atoms with E-state index < -0.39 is 5.97 Å². The molecule has 0 saturated carbocycles. The van der Waals surface area contributed by atoms with Gasteiger partial charge in [-0.2, -0.15) is 0 Å². The molecule has 0 aliphatic carbocycles.